The lowest BCUT2D eigenvalue weighted by atomic mass is 10.1. The third kappa shape index (κ3) is 3.76. The van der Waals surface area contributed by atoms with E-state index in [1.54, 1.807) is 26.1 Å². The first-order valence-corrected chi connectivity index (χ1v) is 6.79. The zero-order valence-corrected chi connectivity index (χ0v) is 10.8. The minimum atomic E-state index is -3.61. The minimum Gasteiger partial charge on any atom is -0.316 e. The summed E-state index contributed by atoms with van der Waals surface area (Å²) in [5.74, 6) is 0. The molecule has 17 heavy (non-hydrogen) atoms. The Bertz CT molecular complexity index is 474. The molecule has 1 rings (SSSR count). The van der Waals surface area contributed by atoms with Crippen molar-refractivity contribution in [2.45, 2.75) is 18.4 Å². The number of hydrogen-bond acceptors (Lipinski definition) is 3. The maximum Gasteiger partial charge on any atom is 0.240 e. The standard InChI is InChI=1S/C11H17FN2O2S/c1-9-3-4-10(8-13-2)7-11(9)17(15,16)14-6-5-12/h3-4,7,13-14H,5-6,8H2,1-2H3. The monoisotopic (exact) mass is 260 g/mol. The van der Waals surface area contributed by atoms with E-state index in [2.05, 4.69) is 10.0 Å². The Morgan fingerprint density at radius 1 is 1.35 bits per heavy atom. The largest absolute Gasteiger partial charge is 0.316 e. The van der Waals surface area contributed by atoms with Crippen molar-refractivity contribution in [3.05, 3.63) is 29.3 Å². The Morgan fingerprint density at radius 2 is 2.06 bits per heavy atom. The van der Waals surface area contributed by atoms with Gasteiger partial charge >= 0.3 is 0 Å². The predicted molar refractivity (Wildman–Crippen MR) is 65.1 cm³/mol. The van der Waals surface area contributed by atoms with Gasteiger partial charge in [0, 0.05) is 13.1 Å². The number of sulfonamides is 1. The Labute approximate surface area is 101 Å². The lowest BCUT2D eigenvalue weighted by molar-refractivity contribution is 0.486. The number of aryl methyl sites for hydroxylation is 1. The van der Waals surface area contributed by atoms with Gasteiger partial charge in [-0.2, -0.15) is 0 Å². The Hall–Kier alpha value is -0.980. The Balaban J connectivity index is 3.07. The van der Waals surface area contributed by atoms with Crippen LogP contribution < -0.4 is 10.0 Å². The molecule has 0 spiro atoms. The molecule has 0 aliphatic rings. The van der Waals surface area contributed by atoms with Crippen LogP contribution in [0.2, 0.25) is 0 Å². The van der Waals surface area contributed by atoms with Crippen molar-refractivity contribution in [1.82, 2.24) is 10.0 Å². The van der Waals surface area contributed by atoms with Crippen LogP contribution in [0.4, 0.5) is 4.39 Å². The number of halogens is 1. The molecule has 0 radical (unpaired) electrons. The molecule has 4 nitrogen and oxygen atoms in total. The molecule has 96 valence electrons. The van der Waals surface area contributed by atoms with E-state index < -0.39 is 16.7 Å². The van der Waals surface area contributed by atoms with Crippen molar-refractivity contribution in [3.8, 4) is 0 Å². The van der Waals surface area contributed by atoms with Crippen LogP contribution in [0.15, 0.2) is 23.1 Å². The zero-order valence-electron chi connectivity index (χ0n) is 9.96. The summed E-state index contributed by atoms with van der Waals surface area (Å²) in [4.78, 5) is 0.207. The normalized spacial score (nSPS) is 11.7. The molecule has 0 aliphatic carbocycles. The summed E-state index contributed by atoms with van der Waals surface area (Å²) < 4.78 is 38.0. The molecule has 1 aromatic carbocycles. The summed E-state index contributed by atoms with van der Waals surface area (Å²) in [6, 6.07) is 5.21. The summed E-state index contributed by atoms with van der Waals surface area (Å²) in [5.41, 5.74) is 1.52. The van der Waals surface area contributed by atoms with Crippen LogP contribution in [0.1, 0.15) is 11.1 Å². The third-order valence-electron chi connectivity index (χ3n) is 2.31. The summed E-state index contributed by atoms with van der Waals surface area (Å²) in [6.45, 7) is 1.39. The van der Waals surface area contributed by atoms with E-state index in [1.807, 2.05) is 6.07 Å². The minimum absolute atomic E-state index is 0.196. The van der Waals surface area contributed by atoms with Gasteiger partial charge in [-0.1, -0.05) is 12.1 Å². The van der Waals surface area contributed by atoms with Crippen LogP contribution >= 0.6 is 0 Å². The molecule has 0 amide bonds. The van der Waals surface area contributed by atoms with E-state index in [0.717, 1.165) is 5.56 Å². The van der Waals surface area contributed by atoms with Crippen molar-refractivity contribution in [1.29, 1.82) is 0 Å². The average Bonchev–Trinajstić information content (AvgIpc) is 2.29. The zero-order chi connectivity index (χ0) is 12.9. The van der Waals surface area contributed by atoms with E-state index in [9.17, 15) is 12.8 Å². The molecule has 0 fully saturated rings. The van der Waals surface area contributed by atoms with Gasteiger partial charge in [-0.15, -0.1) is 0 Å². The van der Waals surface area contributed by atoms with Crippen LogP contribution in [-0.2, 0) is 16.6 Å². The van der Waals surface area contributed by atoms with Gasteiger partial charge in [0.1, 0.15) is 6.67 Å². The van der Waals surface area contributed by atoms with Crippen molar-refractivity contribution in [3.63, 3.8) is 0 Å². The SMILES string of the molecule is CNCc1ccc(C)c(S(=O)(=O)NCCF)c1. The summed E-state index contributed by atoms with van der Waals surface area (Å²) in [5, 5.41) is 2.95. The molecular formula is C11H17FN2O2S. The number of rotatable bonds is 6. The molecule has 0 unspecified atom stereocenters. The van der Waals surface area contributed by atoms with Gasteiger partial charge in [0.25, 0.3) is 0 Å². The fourth-order valence-corrected chi connectivity index (χ4v) is 2.80. The van der Waals surface area contributed by atoms with Crippen LogP contribution in [0.3, 0.4) is 0 Å². The summed E-state index contributed by atoms with van der Waals surface area (Å²) in [6.07, 6.45) is 0. The first-order chi connectivity index (χ1) is 8.01. The summed E-state index contributed by atoms with van der Waals surface area (Å²) >= 11 is 0. The molecule has 0 atom stereocenters. The molecule has 6 heteroatoms. The first kappa shape index (κ1) is 14.1. The maximum atomic E-state index is 12.0. The summed E-state index contributed by atoms with van der Waals surface area (Å²) in [7, 11) is -1.82. The highest BCUT2D eigenvalue weighted by Crippen LogP contribution is 2.16. The van der Waals surface area contributed by atoms with Gasteiger partial charge < -0.3 is 5.32 Å². The van der Waals surface area contributed by atoms with Crippen molar-refractivity contribution in [2.24, 2.45) is 0 Å². The molecule has 1 aromatic rings. The molecule has 0 aliphatic heterocycles. The van der Waals surface area contributed by atoms with E-state index in [1.165, 1.54) is 0 Å². The van der Waals surface area contributed by atoms with Crippen LogP contribution in [0, 0.1) is 6.92 Å². The fraction of sp³-hybridized carbons (Fsp3) is 0.455. The highest BCUT2D eigenvalue weighted by Gasteiger charge is 2.16. The van der Waals surface area contributed by atoms with Gasteiger partial charge in [0.05, 0.1) is 4.90 Å². The van der Waals surface area contributed by atoms with Crippen LogP contribution in [-0.4, -0.2) is 28.7 Å². The van der Waals surface area contributed by atoms with Crippen LogP contribution in [0.5, 0.6) is 0 Å². The molecule has 0 bridgehead atoms. The second kappa shape index (κ2) is 6.09. The van der Waals surface area contributed by atoms with Crippen molar-refractivity contribution in [2.75, 3.05) is 20.3 Å². The van der Waals surface area contributed by atoms with E-state index in [0.29, 0.717) is 12.1 Å². The molecule has 0 heterocycles. The molecule has 2 N–H and O–H groups in total. The van der Waals surface area contributed by atoms with Gasteiger partial charge in [-0.05, 0) is 31.2 Å². The molecule has 0 saturated heterocycles. The Kier molecular flexibility index (Phi) is 5.04. The second-order valence-electron chi connectivity index (χ2n) is 3.72. The topological polar surface area (TPSA) is 58.2 Å². The third-order valence-corrected chi connectivity index (χ3v) is 3.91. The lowest BCUT2D eigenvalue weighted by Crippen LogP contribution is -2.26. The van der Waals surface area contributed by atoms with E-state index in [4.69, 9.17) is 0 Å². The predicted octanol–water partition coefficient (Wildman–Crippen LogP) is 0.962. The Morgan fingerprint density at radius 3 is 2.65 bits per heavy atom. The molecule has 0 aromatic heterocycles. The van der Waals surface area contributed by atoms with Crippen molar-refractivity contribution >= 4 is 10.0 Å². The number of benzene rings is 1. The van der Waals surface area contributed by atoms with Gasteiger partial charge in [-0.25, -0.2) is 17.5 Å². The van der Waals surface area contributed by atoms with Gasteiger partial charge in [0.2, 0.25) is 10.0 Å². The lowest BCUT2D eigenvalue weighted by Gasteiger charge is -2.10. The highest BCUT2D eigenvalue weighted by atomic mass is 32.2. The maximum absolute atomic E-state index is 12.0. The highest BCUT2D eigenvalue weighted by molar-refractivity contribution is 7.89. The van der Waals surface area contributed by atoms with Crippen molar-refractivity contribution < 1.29 is 12.8 Å². The number of alkyl halides is 1. The molecular weight excluding hydrogens is 243 g/mol. The number of nitrogens with one attached hydrogen (secondary N) is 2. The fourth-order valence-electron chi connectivity index (χ4n) is 1.50. The number of hydrogen-bond donors (Lipinski definition) is 2. The van der Waals surface area contributed by atoms with E-state index in [-0.39, 0.29) is 11.4 Å². The first-order valence-electron chi connectivity index (χ1n) is 5.31. The molecule has 0 saturated carbocycles. The van der Waals surface area contributed by atoms with Crippen LogP contribution in [0.25, 0.3) is 0 Å². The quantitative estimate of drug-likeness (QED) is 0.801. The smallest absolute Gasteiger partial charge is 0.240 e. The van der Waals surface area contributed by atoms with Gasteiger partial charge in [0.15, 0.2) is 0 Å². The average molecular weight is 260 g/mol. The van der Waals surface area contributed by atoms with E-state index >= 15 is 0 Å². The second-order valence-corrected chi connectivity index (χ2v) is 5.45. The van der Waals surface area contributed by atoms with Gasteiger partial charge in [-0.3, -0.25) is 0 Å².